The standard InChI is InChI=1S/C11H16O.C10H10O2/c1-3-4-7-10-8-5-6-9(2)11(10)12;1-2-8-12-10(11)9-6-4-3-5-7-9/h5-6,8,12H,3-4,7H2,1-2H3;2-7H,1,8H2. The molecule has 0 saturated heterocycles. The van der Waals surface area contributed by atoms with E-state index in [4.69, 9.17) is 4.74 Å². The molecule has 0 fully saturated rings. The molecule has 3 nitrogen and oxygen atoms in total. The summed E-state index contributed by atoms with van der Waals surface area (Å²) in [5.74, 6) is 0.168. The van der Waals surface area contributed by atoms with Gasteiger partial charge < -0.3 is 9.84 Å². The zero-order valence-electron chi connectivity index (χ0n) is 14.5. The number of carbonyl (C=O) groups excluding carboxylic acids is 1. The van der Waals surface area contributed by atoms with Gasteiger partial charge >= 0.3 is 5.97 Å². The maximum Gasteiger partial charge on any atom is 0.338 e. The Kier molecular flexibility index (Phi) is 8.98. The molecule has 0 unspecified atom stereocenters. The van der Waals surface area contributed by atoms with Gasteiger partial charge in [0.15, 0.2) is 0 Å². The third-order valence-corrected chi connectivity index (χ3v) is 3.46. The molecule has 2 aromatic rings. The van der Waals surface area contributed by atoms with Crippen molar-refractivity contribution in [2.75, 3.05) is 6.61 Å². The van der Waals surface area contributed by atoms with Gasteiger partial charge in [0, 0.05) is 0 Å². The van der Waals surface area contributed by atoms with E-state index in [2.05, 4.69) is 13.5 Å². The van der Waals surface area contributed by atoms with Gasteiger partial charge in [0.1, 0.15) is 12.4 Å². The number of ether oxygens (including phenoxy) is 1. The van der Waals surface area contributed by atoms with E-state index in [1.807, 2.05) is 31.2 Å². The predicted octanol–water partition coefficient (Wildman–Crippen LogP) is 5.07. The molecule has 2 aromatic carbocycles. The number of hydrogen-bond donors (Lipinski definition) is 1. The fourth-order valence-electron chi connectivity index (χ4n) is 2.08. The second kappa shape index (κ2) is 11.1. The number of aryl methyl sites for hydroxylation is 2. The van der Waals surface area contributed by atoms with E-state index in [9.17, 15) is 9.90 Å². The lowest BCUT2D eigenvalue weighted by atomic mass is 10.0. The molecule has 0 atom stereocenters. The molecule has 0 radical (unpaired) electrons. The number of aromatic hydroxyl groups is 1. The van der Waals surface area contributed by atoms with Crippen LogP contribution in [0.2, 0.25) is 0 Å². The molecule has 0 aliphatic carbocycles. The number of hydrogen-bond acceptors (Lipinski definition) is 3. The summed E-state index contributed by atoms with van der Waals surface area (Å²) in [6.07, 6.45) is 4.86. The minimum absolute atomic E-state index is 0.258. The summed E-state index contributed by atoms with van der Waals surface area (Å²) in [7, 11) is 0. The van der Waals surface area contributed by atoms with Crippen molar-refractivity contribution < 1.29 is 14.6 Å². The fraction of sp³-hybridized carbons (Fsp3) is 0.286. The molecule has 0 aliphatic rings. The molecule has 0 heterocycles. The van der Waals surface area contributed by atoms with Gasteiger partial charge in [-0.05, 0) is 43.0 Å². The second-order valence-electron chi connectivity index (χ2n) is 5.44. The van der Waals surface area contributed by atoms with E-state index in [-0.39, 0.29) is 12.6 Å². The molecule has 0 spiro atoms. The van der Waals surface area contributed by atoms with Crippen LogP contribution in [0.4, 0.5) is 0 Å². The summed E-state index contributed by atoms with van der Waals surface area (Å²) >= 11 is 0. The molecule has 24 heavy (non-hydrogen) atoms. The highest BCUT2D eigenvalue weighted by molar-refractivity contribution is 5.89. The highest BCUT2D eigenvalue weighted by atomic mass is 16.5. The van der Waals surface area contributed by atoms with Crippen LogP contribution in [0, 0.1) is 6.92 Å². The zero-order valence-corrected chi connectivity index (χ0v) is 14.5. The first-order valence-electron chi connectivity index (χ1n) is 8.20. The van der Waals surface area contributed by atoms with Crippen molar-refractivity contribution in [3.63, 3.8) is 0 Å². The highest BCUT2D eigenvalue weighted by Crippen LogP contribution is 2.22. The van der Waals surface area contributed by atoms with Gasteiger partial charge in [-0.2, -0.15) is 0 Å². The van der Waals surface area contributed by atoms with Crippen molar-refractivity contribution in [3.05, 3.63) is 77.9 Å². The Morgan fingerprint density at radius 1 is 1.17 bits per heavy atom. The fourth-order valence-corrected chi connectivity index (χ4v) is 2.08. The minimum atomic E-state index is -0.310. The van der Waals surface area contributed by atoms with Crippen molar-refractivity contribution in [2.24, 2.45) is 0 Å². The molecule has 0 aromatic heterocycles. The lowest BCUT2D eigenvalue weighted by Gasteiger charge is -2.05. The summed E-state index contributed by atoms with van der Waals surface area (Å²) in [5, 5.41) is 9.62. The molecule has 0 bridgehead atoms. The van der Waals surface area contributed by atoms with Crippen LogP contribution in [0.1, 0.15) is 41.3 Å². The average molecular weight is 326 g/mol. The van der Waals surface area contributed by atoms with Crippen LogP contribution in [0.5, 0.6) is 5.75 Å². The van der Waals surface area contributed by atoms with E-state index in [1.165, 1.54) is 6.42 Å². The maximum atomic E-state index is 11.1. The van der Waals surface area contributed by atoms with Crippen molar-refractivity contribution in [2.45, 2.75) is 33.1 Å². The summed E-state index contributed by atoms with van der Waals surface area (Å²) in [4.78, 5) is 11.1. The largest absolute Gasteiger partial charge is 0.507 e. The van der Waals surface area contributed by atoms with E-state index in [1.54, 1.807) is 30.3 Å². The average Bonchev–Trinajstić information content (AvgIpc) is 2.62. The molecule has 128 valence electrons. The van der Waals surface area contributed by atoms with Crippen LogP contribution >= 0.6 is 0 Å². The van der Waals surface area contributed by atoms with Crippen molar-refractivity contribution >= 4 is 5.97 Å². The molecule has 2 rings (SSSR count). The Morgan fingerprint density at radius 3 is 2.50 bits per heavy atom. The molecule has 3 heteroatoms. The predicted molar refractivity (Wildman–Crippen MR) is 98.4 cm³/mol. The number of unbranched alkanes of at least 4 members (excludes halogenated alkanes) is 1. The van der Waals surface area contributed by atoms with E-state index < -0.39 is 0 Å². The Bertz CT molecular complexity index is 633. The highest BCUT2D eigenvalue weighted by Gasteiger charge is 2.03. The Labute approximate surface area is 144 Å². The Balaban J connectivity index is 0.000000240. The number of rotatable bonds is 6. The molecule has 0 amide bonds. The van der Waals surface area contributed by atoms with Gasteiger partial charge in [0.05, 0.1) is 5.56 Å². The number of esters is 1. The summed E-state index contributed by atoms with van der Waals surface area (Å²) in [6.45, 7) is 7.80. The van der Waals surface area contributed by atoms with Crippen LogP contribution < -0.4 is 0 Å². The number of para-hydroxylation sites is 1. The van der Waals surface area contributed by atoms with E-state index in [0.717, 1.165) is 24.0 Å². The molecule has 1 N–H and O–H groups in total. The third kappa shape index (κ3) is 6.69. The summed E-state index contributed by atoms with van der Waals surface area (Å²) in [5.41, 5.74) is 2.62. The van der Waals surface area contributed by atoms with Gasteiger partial charge in [-0.15, -0.1) is 0 Å². The molecular formula is C21H26O3. The van der Waals surface area contributed by atoms with Crippen molar-refractivity contribution in [1.82, 2.24) is 0 Å². The van der Waals surface area contributed by atoms with Gasteiger partial charge in [0.2, 0.25) is 0 Å². The van der Waals surface area contributed by atoms with Crippen LogP contribution in [0.15, 0.2) is 61.2 Å². The Morgan fingerprint density at radius 2 is 1.88 bits per heavy atom. The summed E-state index contributed by atoms with van der Waals surface area (Å²) in [6, 6.07) is 14.8. The first kappa shape index (κ1) is 19.5. The normalized spacial score (nSPS) is 9.58. The van der Waals surface area contributed by atoms with Crippen LogP contribution in [-0.4, -0.2) is 17.7 Å². The second-order valence-corrected chi connectivity index (χ2v) is 5.44. The van der Waals surface area contributed by atoms with Crippen molar-refractivity contribution in [3.8, 4) is 5.75 Å². The molecular weight excluding hydrogens is 300 g/mol. The first-order chi connectivity index (χ1) is 11.6. The zero-order chi connectivity index (χ0) is 17.8. The SMILES string of the molecule is C=CCOC(=O)c1ccccc1.CCCCc1cccc(C)c1O. The number of phenolic OH excluding ortho intramolecular Hbond substituents is 1. The summed E-state index contributed by atoms with van der Waals surface area (Å²) < 4.78 is 4.82. The van der Waals surface area contributed by atoms with Gasteiger partial charge in [-0.1, -0.05) is 62.4 Å². The molecule has 0 saturated carbocycles. The van der Waals surface area contributed by atoms with Gasteiger partial charge in [-0.25, -0.2) is 4.79 Å². The lowest BCUT2D eigenvalue weighted by Crippen LogP contribution is -2.04. The maximum absolute atomic E-state index is 11.1. The smallest absolute Gasteiger partial charge is 0.338 e. The first-order valence-corrected chi connectivity index (χ1v) is 8.20. The topological polar surface area (TPSA) is 46.5 Å². The van der Waals surface area contributed by atoms with E-state index in [0.29, 0.717) is 11.3 Å². The number of phenols is 1. The monoisotopic (exact) mass is 326 g/mol. The van der Waals surface area contributed by atoms with Crippen LogP contribution in [-0.2, 0) is 11.2 Å². The molecule has 0 aliphatic heterocycles. The van der Waals surface area contributed by atoms with E-state index >= 15 is 0 Å². The Hall–Kier alpha value is -2.55. The number of carbonyl (C=O) groups is 1. The van der Waals surface area contributed by atoms with Crippen molar-refractivity contribution in [1.29, 1.82) is 0 Å². The number of benzene rings is 2. The minimum Gasteiger partial charge on any atom is -0.507 e. The quantitative estimate of drug-likeness (QED) is 0.595. The van der Waals surface area contributed by atoms with Crippen LogP contribution in [0.25, 0.3) is 0 Å². The third-order valence-electron chi connectivity index (χ3n) is 3.46. The lowest BCUT2D eigenvalue weighted by molar-refractivity contribution is 0.0549. The van der Waals surface area contributed by atoms with Gasteiger partial charge in [0.25, 0.3) is 0 Å². The van der Waals surface area contributed by atoms with Crippen LogP contribution in [0.3, 0.4) is 0 Å². The van der Waals surface area contributed by atoms with Gasteiger partial charge in [-0.3, -0.25) is 0 Å².